The molecule has 0 spiro atoms. The molecule has 11 heteroatoms. The number of carbonyl (C=O) groups excluding carboxylic acids is 1. The summed E-state index contributed by atoms with van der Waals surface area (Å²) in [6.07, 6.45) is 1.57. The fourth-order valence-corrected chi connectivity index (χ4v) is 4.79. The van der Waals surface area contributed by atoms with Gasteiger partial charge < -0.3 is 14.8 Å². The molecule has 2 aromatic carbocycles. The van der Waals surface area contributed by atoms with Crippen LogP contribution in [0.4, 0.5) is 10.1 Å². The van der Waals surface area contributed by atoms with Gasteiger partial charge in [-0.25, -0.2) is 17.5 Å². The van der Waals surface area contributed by atoms with Crippen LogP contribution in [0, 0.1) is 5.82 Å². The quantitative estimate of drug-likeness (QED) is 0.565. The summed E-state index contributed by atoms with van der Waals surface area (Å²) in [5.74, 6) is -0.582. The van der Waals surface area contributed by atoms with Crippen LogP contribution in [0.1, 0.15) is 17.4 Å². The Morgan fingerprint density at radius 1 is 1.15 bits per heavy atom. The van der Waals surface area contributed by atoms with Crippen molar-refractivity contribution in [1.82, 2.24) is 14.1 Å². The number of anilines is 1. The lowest BCUT2D eigenvalue weighted by molar-refractivity contribution is 0.0730. The van der Waals surface area contributed by atoms with Crippen molar-refractivity contribution in [2.75, 3.05) is 38.2 Å². The average Bonchev–Trinajstić information content (AvgIpc) is 3.32. The molecule has 0 unspecified atom stereocenters. The van der Waals surface area contributed by atoms with Gasteiger partial charge in [0.15, 0.2) is 5.69 Å². The zero-order chi connectivity index (χ0) is 23.4. The number of morpholine rings is 1. The molecule has 174 valence electrons. The maximum absolute atomic E-state index is 13.2. The lowest BCUT2D eigenvalue weighted by Crippen LogP contribution is -2.40. The number of nitrogens with zero attached hydrogens (tertiary/aromatic N) is 3. The number of sulfonamides is 1. The van der Waals surface area contributed by atoms with Crippen molar-refractivity contribution >= 4 is 21.6 Å². The van der Waals surface area contributed by atoms with Crippen LogP contribution >= 0.6 is 0 Å². The Balaban J connectivity index is 1.59. The molecule has 0 atom stereocenters. The maximum atomic E-state index is 13.2. The highest BCUT2D eigenvalue weighted by Crippen LogP contribution is 2.30. The van der Waals surface area contributed by atoms with Crippen molar-refractivity contribution in [3.05, 3.63) is 66.2 Å². The summed E-state index contributed by atoms with van der Waals surface area (Å²) in [5, 5.41) is 6.92. The summed E-state index contributed by atoms with van der Waals surface area (Å²) in [5.41, 5.74) is 0.903. The number of benzene rings is 2. The molecule has 9 nitrogen and oxygen atoms in total. The first-order valence-corrected chi connectivity index (χ1v) is 11.8. The Bertz CT molecular complexity index is 1240. The molecule has 0 radical (unpaired) electrons. The van der Waals surface area contributed by atoms with Crippen LogP contribution in [0.15, 0.2) is 59.6 Å². The van der Waals surface area contributed by atoms with Gasteiger partial charge in [-0.3, -0.25) is 4.79 Å². The third-order valence-corrected chi connectivity index (χ3v) is 6.91. The molecule has 1 amide bonds. The van der Waals surface area contributed by atoms with Crippen LogP contribution in [-0.2, 0) is 14.8 Å². The van der Waals surface area contributed by atoms with Crippen molar-refractivity contribution in [2.24, 2.45) is 0 Å². The summed E-state index contributed by atoms with van der Waals surface area (Å²) in [7, 11) is -3.76. The van der Waals surface area contributed by atoms with E-state index >= 15 is 0 Å². The van der Waals surface area contributed by atoms with Crippen LogP contribution in [0.2, 0.25) is 0 Å². The maximum Gasteiger partial charge on any atom is 0.276 e. The highest BCUT2D eigenvalue weighted by atomic mass is 32.2. The first-order chi connectivity index (χ1) is 15.9. The molecule has 1 N–H and O–H groups in total. The van der Waals surface area contributed by atoms with Gasteiger partial charge >= 0.3 is 0 Å². The van der Waals surface area contributed by atoms with Gasteiger partial charge in [0.1, 0.15) is 11.6 Å². The minimum atomic E-state index is -3.76. The summed E-state index contributed by atoms with van der Waals surface area (Å²) in [6.45, 7) is 3.30. The normalized spacial score (nSPS) is 14.7. The standard InChI is InChI=1S/C22H23FN4O5S/c1-2-32-21-8-7-18(33(29,30)26-11-13-31-14-12-26)15-20(21)24-22(28)19-9-10-27(25-19)17-5-3-16(23)4-6-17/h3-10,15H,2,11-14H2,1H3,(H,24,28). The Labute approximate surface area is 190 Å². The average molecular weight is 475 g/mol. The molecule has 1 aliphatic heterocycles. The van der Waals surface area contributed by atoms with E-state index in [4.69, 9.17) is 9.47 Å². The third-order valence-electron chi connectivity index (χ3n) is 5.02. The zero-order valence-electron chi connectivity index (χ0n) is 17.9. The Morgan fingerprint density at radius 2 is 1.88 bits per heavy atom. The number of carbonyl (C=O) groups is 1. The molecule has 1 fully saturated rings. The molecule has 3 aromatic rings. The monoisotopic (exact) mass is 474 g/mol. The molecule has 2 heterocycles. The SMILES string of the molecule is CCOc1ccc(S(=O)(=O)N2CCOCC2)cc1NC(=O)c1ccn(-c2ccc(F)cc2)n1. The zero-order valence-corrected chi connectivity index (χ0v) is 18.7. The van der Waals surface area contributed by atoms with E-state index in [1.54, 1.807) is 13.1 Å². The molecule has 1 saturated heterocycles. The van der Waals surface area contributed by atoms with E-state index in [9.17, 15) is 17.6 Å². The Morgan fingerprint density at radius 3 is 2.58 bits per heavy atom. The lowest BCUT2D eigenvalue weighted by Gasteiger charge is -2.26. The fourth-order valence-electron chi connectivity index (χ4n) is 3.35. The minimum absolute atomic E-state index is 0.0417. The van der Waals surface area contributed by atoms with Gasteiger partial charge in [-0.05, 0) is 55.5 Å². The Kier molecular flexibility index (Phi) is 6.72. The van der Waals surface area contributed by atoms with Crippen LogP contribution in [0.25, 0.3) is 5.69 Å². The molecule has 4 rings (SSSR count). The number of hydrogen-bond donors (Lipinski definition) is 1. The van der Waals surface area contributed by atoms with Gasteiger partial charge in [-0.2, -0.15) is 9.40 Å². The van der Waals surface area contributed by atoms with Gasteiger partial charge in [-0.1, -0.05) is 0 Å². The fraction of sp³-hybridized carbons (Fsp3) is 0.273. The number of halogens is 1. The van der Waals surface area contributed by atoms with E-state index in [0.717, 1.165) is 0 Å². The van der Waals surface area contributed by atoms with Gasteiger partial charge in [0, 0.05) is 19.3 Å². The van der Waals surface area contributed by atoms with Gasteiger partial charge in [-0.15, -0.1) is 0 Å². The van der Waals surface area contributed by atoms with Crippen LogP contribution in [0.5, 0.6) is 5.75 Å². The first-order valence-electron chi connectivity index (χ1n) is 10.4. The van der Waals surface area contributed by atoms with Crippen molar-refractivity contribution in [3.63, 3.8) is 0 Å². The first kappa shape index (κ1) is 22.9. The van der Waals surface area contributed by atoms with E-state index in [0.29, 0.717) is 31.3 Å². The van der Waals surface area contributed by atoms with Gasteiger partial charge in [0.2, 0.25) is 10.0 Å². The van der Waals surface area contributed by atoms with Gasteiger partial charge in [0.05, 0.1) is 36.1 Å². The number of nitrogens with one attached hydrogen (secondary N) is 1. The van der Waals surface area contributed by atoms with E-state index in [-0.39, 0.29) is 35.2 Å². The van der Waals surface area contributed by atoms with E-state index in [1.807, 2.05) is 0 Å². The Hall–Kier alpha value is -3.28. The minimum Gasteiger partial charge on any atom is -0.492 e. The second kappa shape index (κ2) is 9.69. The van der Waals surface area contributed by atoms with Crippen molar-refractivity contribution in [2.45, 2.75) is 11.8 Å². The van der Waals surface area contributed by atoms with E-state index in [1.165, 1.54) is 57.5 Å². The van der Waals surface area contributed by atoms with Gasteiger partial charge in [0.25, 0.3) is 5.91 Å². The molecule has 33 heavy (non-hydrogen) atoms. The lowest BCUT2D eigenvalue weighted by atomic mass is 10.2. The molecule has 0 aliphatic carbocycles. The number of aromatic nitrogens is 2. The molecule has 0 saturated carbocycles. The summed E-state index contributed by atoms with van der Waals surface area (Å²) in [4.78, 5) is 12.9. The number of hydrogen-bond acceptors (Lipinski definition) is 6. The van der Waals surface area contributed by atoms with E-state index < -0.39 is 15.9 Å². The smallest absolute Gasteiger partial charge is 0.276 e. The van der Waals surface area contributed by atoms with Crippen LogP contribution < -0.4 is 10.1 Å². The summed E-state index contributed by atoms with van der Waals surface area (Å²) >= 11 is 0. The molecule has 1 aromatic heterocycles. The predicted molar refractivity (Wildman–Crippen MR) is 119 cm³/mol. The topological polar surface area (TPSA) is 103 Å². The molecular weight excluding hydrogens is 451 g/mol. The van der Waals surface area contributed by atoms with E-state index in [2.05, 4.69) is 10.4 Å². The predicted octanol–water partition coefficient (Wildman–Crippen LogP) is 2.68. The number of ether oxygens (including phenoxy) is 2. The molecule has 0 bridgehead atoms. The second-order valence-electron chi connectivity index (χ2n) is 7.18. The third kappa shape index (κ3) is 5.05. The number of rotatable bonds is 7. The summed E-state index contributed by atoms with van der Waals surface area (Å²) in [6, 6.07) is 11.5. The van der Waals surface area contributed by atoms with Crippen molar-refractivity contribution in [3.8, 4) is 11.4 Å². The summed E-state index contributed by atoms with van der Waals surface area (Å²) < 4.78 is 52.8. The molecule has 1 aliphatic rings. The number of amides is 1. The second-order valence-corrected chi connectivity index (χ2v) is 9.12. The van der Waals surface area contributed by atoms with Crippen LogP contribution in [0.3, 0.4) is 0 Å². The largest absolute Gasteiger partial charge is 0.492 e. The van der Waals surface area contributed by atoms with Crippen molar-refractivity contribution in [1.29, 1.82) is 0 Å². The highest BCUT2D eigenvalue weighted by molar-refractivity contribution is 7.89. The molecular formula is C22H23FN4O5S. The highest BCUT2D eigenvalue weighted by Gasteiger charge is 2.27. The van der Waals surface area contributed by atoms with Crippen LogP contribution in [-0.4, -0.2) is 61.3 Å². The van der Waals surface area contributed by atoms with Crippen molar-refractivity contribution < 1.29 is 27.1 Å².